The third-order valence-electron chi connectivity index (χ3n) is 5.84. The third-order valence-corrected chi connectivity index (χ3v) is 8.24. The van der Waals surface area contributed by atoms with Gasteiger partial charge in [-0.1, -0.05) is 99.8 Å². The molecule has 0 fully saturated rings. The van der Waals surface area contributed by atoms with Gasteiger partial charge in [0.25, 0.3) is 0 Å². The molecule has 0 saturated heterocycles. The fourth-order valence-corrected chi connectivity index (χ4v) is 6.43. The van der Waals surface area contributed by atoms with Gasteiger partial charge < -0.3 is 9.41 Å². The summed E-state index contributed by atoms with van der Waals surface area (Å²) >= 11 is 0. The van der Waals surface area contributed by atoms with Crippen LogP contribution in [0.1, 0.15) is 30.9 Å². The second-order valence-corrected chi connectivity index (χ2v) is 10.4. The Labute approximate surface area is 228 Å². The molecule has 0 aliphatic rings. The molecule has 5 aromatic rings. The number of rotatable bonds is 6. The van der Waals surface area contributed by atoms with Crippen molar-refractivity contribution in [2.45, 2.75) is 33.1 Å². The van der Waals surface area contributed by atoms with Crippen molar-refractivity contribution in [3.05, 3.63) is 126 Å². The molecule has 0 spiro atoms. The molecule has 5 aromatic carbocycles. The Morgan fingerprint density at radius 1 is 0.743 bits per heavy atom. The van der Waals surface area contributed by atoms with E-state index in [0.29, 0.717) is 0 Å². The maximum absolute atomic E-state index is 2.35. The van der Waals surface area contributed by atoms with Gasteiger partial charge in [0.1, 0.15) is 0 Å². The van der Waals surface area contributed by atoms with Gasteiger partial charge in [-0.05, 0) is 18.5 Å². The molecule has 35 heavy (non-hydrogen) atoms. The molecule has 0 saturated carbocycles. The minimum atomic E-state index is -0.493. The quantitative estimate of drug-likeness (QED) is 0.148. The molecule has 0 aliphatic heterocycles. The first kappa shape index (κ1) is 30.8. The SMILES string of the molecule is CCCC[c-]1cccc1C.[F-].[F-].[Hf+4].c1ccc(P(c2ccccc2)c2cc3ccccc3[cH-]2)cc1. The van der Waals surface area contributed by atoms with Crippen molar-refractivity contribution >= 4 is 34.6 Å². The summed E-state index contributed by atoms with van der Waals surface area (Å²) in [5.74, 6) is 0. The van der Waals surface area contributed by atoms with E-state index >= 15 is 0 Å². The summed E-state index contributed by atoms with van der Waals surface area (Å²) in [6, 6.07) is 41.6. The normalized spacial score (nSPS) is 9.91. The number of benzene rings is 3. The first-order valence-electron chi connectivity index (χ1n) is 11.5. The average molecular weight is 651 g/mol. The molecule has 0 unspecified atom stereocenters. The molecule has 178 valence electrons. The van der Waals surface area contributed by atoms with Gasteiger partial charge in [0.15, 0.2) is 0 Å². The number of fused-ring (bicyclic) bond motifs is 1. The molecule has 0 N–H and O–H groups in total. The topological polar surface area (TPSA) is 0 Å². The van der Waals surface area contributed by atoms with Gasteiger partial charge in [-0.25, -0.2) is 12.1 Å². The number of hydrogen-bond donors (Lipinski definition) is 0. The van der Waals surface area contributed by atoms with Crippen molar-refractivity contribution in [2.75, 3.05) is 0 Å². The minimum Gasteiger partial charge on any atom is -1.00 e. The zero-order valence-corrected chi connectivity index (χ0v) is 24.8. The van der Waals surface area contributed by atoms with Crippen LogP contribution in [0.3, 0.4) is 0 Å². The van der Waals surface area contributed by atoms with Crippen LogP contribution in [0.15, 0.2) is 115 Å². The van der Waals surface area contributed by atoms with E-state index in [1.165, 1.54) is 57.1 Å². The Hall–Kier alpha value is -2.22. The monoisotopic (exact) mass is 652 g/mol. The molecule has 0 atom stereocenters. The number of unbranched alkanes of at least 4 members (excludes halogenated alkanes) is 1. The number of aryl methyl sites for hydroxylation is 2. The third kappa shape index (κ3) is 8.16. The Morgan fingerprint density at radius 2 is 1.31 bits per heavy atom. The molecular weight excluding hydrogens is 620 g/mol. The van der Waals surface area contributed by atoms with Crippen LogP contribution in [0.25, 0.3) is 10.8 Å². The maximum Gasteiger partial charge on any atom is 4.00 e. The largest absolute Gasteiger partial charge is 4.00 e. The van der Waals surface area contributed by atoms with E-state index in [4.69, 9.17) is 0 Å². The average Bonchev–Trinajstić information content (AvgIpc) is 3.45. The molecule has 0 aliphatic carbocycles. The van der Waals surface area contributed by atoms with Gasteiger partial charge in [0, 0.05) is 0 Å². The summed E-state index contributed by atoms with van der Waals surface area (Å²) in [7, 11) is -0.493. The molecule has 0 nitrogen and oxygen atoms in total. The predicted molar refractivity (Wildman–Crippen MR) is 144 cm³/mol. The van der Waals surface area contributed by atoms with Crippen LogP contribution in [-0.2, 0) is 32.3 Å². The molecule has 0 amide bonds. The summed E-state index contributed by atoms with van der Waals surface area (Å²) < 4.78 is 0. The molecule has 0 heterocycles. The van der Waals surface area contributed by atoms with Crippen LogP contribution < -0.4 is 25.3 Å². The van der Waals surface area contributed by atoms with Crippen molar-refractivity contribution in [2.24, 2.45) is 0 Å². The van der Waals surface area contributed by atoms with Gasteiger partial charge in [0.2, 0.25) is 0 Å². The summed E-state index contributed by atoms with van der Waals surface area (Å²) in [4.78, 5) is 0. The number of hydrogen-bond acceptors (Lipinski definition) is 0. The van der Waals surface area contributed by atoms with E-state index in [2.05, 4.69) is 129 Å². The van der Waals surface area contributed by atoms with Crippen LogP contribution >= 0.6 is 7.92 Å². The van der Waals surface area contributed by atoms with Gasteiger partial charge in [-0.3, -0.25) is 0 Å². The molecule has 4 heteroatoms. The van der Waals surface area contributed by atoms with Crippen molar-refractivity contribution in [3.63, 3.8) is 0 Å². The molecule has 0 aromatic heterocycles. The van der Waals surface area contributed by atoms with Gasteiger partial charge in [0.05, 0.1) is 0 Å². The summed E-state index contributed by atoms with van der Waals surface area (Å²) in [6.45, 7) is 4.42. The van der Waals surface area contributed by atoms with Crippen molar-refractivity contribution in [1.29, 1.82) is 0 Å². The van der Waals surface area contributed by atoms with Crippen LogP contribution in [0.5, 0.6) is 0 Å². The van der Waals surface area contributed by atoms with E-state index < -0.39 is 7.92 Å². The number of halogens is 2. The van der Waals surface area contributed by atoms with Crippen LogP contribution in [0, 0.1) is 6.92 Å². The summed E-state index contributed by atoms with van der Waals surface area (Å²) in [5.41, 5.74) is 2.98. The Kier molecular flexibility index (Phi) is 13.8. The summed E-state index contributed by atoms with van der Waals surface area (Å²) in [5, 5.41) is 6.89. The van der Waals surface area contributed by atoms with Crippen molar-refractivity contribution in [1.82, 2.24) is 0 Å². The first-order chi connectivity index (χ1) is 15.8. The second-order valence-electron chi connectivity index (χ2n) is 8.19. The maximum atomic E-state index is 2.35. The molecule has 5 rings (SSSR count). The molecular formula is C31H31F2HfP. The van der Waals surface area contributed by atoms with E-state index in [9.17, 15) is 0 Å². The smallest absolute Gasteiger partial charge is 1.00 e. The fraction of sp³-hybridized carbons (Fsp3) is 0.161. The van der Waals surface area contributed by atoms with Gasteiger partial charge in [-0.2, -0.15) is 23.3 Å². The Balaban J connectivity index is 0.000000407. The van der Waals surface area contributed by atoms with Gasteiger partial charge >= 0.3 is 25.8 Å². The second kappa shape index (κ2) is 15.7. The van der Waals surface area contributed by atoms with E-state index in [0.717, 1.165) is 0 Å². The Bertz CT molecular complexity index is 1160. The van der Waals surface area contributed by atoms with Crippen molar-refractivity contribution in [3.8, 4) is 0 Å². The van der Waals surface area contributed by atoms with Crippen molar-refractivity contribution < 1.29 is 35.3 Å². The van der Waals surface area contributed by atoms with E-state index in [1.807, 2.05) is 0 Å². The fourth-order valence-electron chi connectivity index (χ4n) is 4.06. The van der Waals surface area contributed by atoms with Crippen LogP contribution in [0.2, 0.25) is 0 Å². The first-order valence-corrected chi connectivity index (χ1v) is 12.9. The Morgan fingerprint density at radius 3 is 1.83 bits per heavy atom. The molecule has 0 radical (unpaired) electrons. The van der Waals surface area contributed by atoms with E-state index in [1.54, 1.807) is 0 Å². The zero-order valence-electron chi connectivity index (χ0n) is 20.3. The zero-order chi connectivity index (χ0) is 22.2. The van der Waals surface area contributed by atoms with Gasteiger partial charge in [-0.15, -0.1) is 40.3 Å². The minimum absolute atomic E-state index is 0. The standard InChI is InChI=1S/C21H16P.C10H15.2FH.Hf/c1-3-11-19(12-4-1)22(20-13-5-2-6-14-20)21-15-17-9-7-8-10-18(17)16-21;1-3-4-7-10-8-5-6-9(10)2;;;/h1-16H;5-6,8H,3-4,7H2,1-2H3;2*1H;/q2*-1;;;+4/p-2. The van der Waals surface area contributed by atoms with Crippen LogP contribution in [-0.4, -0.2) is 0 Å². The van der Waals surface area contributed by atoms with E-state index in [-0.39, 0.29) is 35.3 Å². The summed E-state index contributed by atoms with van der Waals surface area (Å²) in [6.07, 6.45) is 3.88. The van der Waals surface area contributed by atoms with Crippen LogP contribution in [0.4, 0.5) is 0 Å². The predicted octanol–water partition coefficient (Wildman–Crippen LogP) is 1.38. The molecule has 0 bridgehead atoms.